The van der Waals surface area contributed by atoms with Crippen molar-refractivity contribution in [3.05, 3.63) is 35.9 Å². The standard InChI is InChI=1S/C17H27N3O/c1-13-11-16(18)9-10-20(13)12-17(21)19(3)14(2)15-7-5-4-6-8-15/h4-8,13-14,16H,9-12,18H2,1-3H3. The number of nitrogens with two attached hydrogens (primary N) is 1. The number of likely N-dealkylation sites (N-methyl/N-ethyl adjacent to an activating group) is 1. The van der Waals surface area contributed by atoms with Crippen LogP contribution in [0.15, 0.2) is 30.3 Å². The molecular weight excluding hydrogens is 262 g/mol. The van der Waals surface area contributed by atoms with Crippen LogP contribution in [0.1, 0.15) is 38.3 Å². The molecule has 2 N–H and O–H groups in total. The molecule has 0 spiro atoms. The maximum Gasteiger partial charge on any atom is 0.237 e. The highest BCUT2D eigenvalue weighted by Crippen LogP contribution is 2.20. The lowest BCUT2D eigenvalue weighted by atomic mass is 9.99. The fourth-order valence-electron chi connectivity index (χ4n) is 2.95. The largest absolute Gasteiger partial charge is 0.338 e. The van der Waals surface area contributed by atoms with Crippen LogP contribution < -0.4 is 5.73 Å². The Morgan fingerprint density at radius 1 is 1.43 bits per heavy atom. The number of likely N-dealkylation sites (tertiary alicyclic amines) is 1. The molecule has 1 amide bonds. The second-order valence-corrected chi connectivity index (χ2v) is 6.20. The van der Waals surface area contributed by atoms with Gasteiger partial charge in [0.25, 0.3) is 0 Å². The number of carbonyl (C=O) groups is 1. The number of nitrogens with zero attached hydrogens (tertiary/aromatic N) is 2. The fourth-order valence-corrected chi connectivity index (χ4v) is 2.95. The van der Waals surface area contributed by atoms with E-state index in [4.69, 9.17) is 5.73 Å². The van der Waals surface area contributed by atoms with Crippen molar-refractivity contribution in [3.8, 4) is 0 Å². The summed E-state index contributed by atoms with van der Waals surface area (Å²) in [5.41, 5.74) is 7.15. The summed E-state index contributed by atoms with van der Waals surface area (Å²) in [5.74, 6) is 0.175. The summed E-state index contributed by atoms with van der Waals surface area (Å²) in [7, 11) is 1.89. The normalized spacial score (nSPS) is 24.6. The molecule has 1 aromatic rings. The van der Waals surface area contributed by atoms with E-state index in [1.165, 1.54) is 5.56 Å². The number of hydrogen-bond donors (Lipinski definition) is 1. The third-order valence-electron chi connectivity index (χ3n) is 4.65. The first kappa shape index (κ1) is 16.0. The molecule has 4 nitrogen and oxygen atoms in total. The van der Waals surface area contributed by atoms with E-state index in [1.54, 1.807) is 0 Å². The van der Waals surface area contributed by atoms with Gasteiger partial charge in [0.15, 0.2) is 0 Å². The van der Waals surface area contributed by atoms with E-state index >= 15 is 0 Å². The van der Waals surface area contributed by atoms with Gasteiger partial charge in [-0.1, -0.05) is 30.3 Å². The van der Waals surface area contributed by atoms with Gasteiger partial charge in [0.2, 0.25) is 5.91 Å². The number of hydrogen-bond acceptors (Lipinski definition) is 3. The SMILES string of the molecule is CC1CC(N)CCN1CC(=O)N(C)C(C)c1ccccc1. The topological polar surface area (TPSA) is 49.6 Å². The van der Waals surface area contributed by atoms with Crippen molar-refractivity contribution >= 4 is 5.91 Å². The van der Waals surface area contributed by atoms with E-state index in [-0.39, 0.29) is 18.0 Å². The molecule has 1 aliphatic heterocycles. The molecule has 4 heteroatoms. The molecule has 0 bridgehead atoms. The van der Waals surface area contributed by atoms with Crippen LogP contribution in [0.3, 0.4) is 0 Å². The van der Waals surface area contributed by atoms with Crippen molar-refractivity contribution in [2.75, 3.05) is 20.1 Å². The Bertz CT molecular complexity index is 462. The summed E-state index contributed by atoms with van der Waals surface area (Å²) in [5, 5.41) is 0. The van der Waals surface area contributed by atoms with Gasteiger partial charge < -0.3 is 10.6 Å². The van der Waals surface area contributed by atoms with Crippen LogP contribution in [0.2, 0.25) is 0 Å². The van der Waals surface area contributed by atoms with E-state index in [0.717, 1.165) is 19.4 Å². The molecule has 0 aromatic heterocycles. The lowest BCUT2D eigenvalue weighted by Crippen LogP contribution is -2.49. The van der Waals surface area contributed by atoms with Crippen LogP contribution in [-0.2, 0) is 4.79 Å². The summed E-state index contributed by atoms with van der Waals surface area (Å²) >= 11 is 0. The monoisotopic (exact) mass is 289 g/mol. The summed E-state index contributed by atoms with van der Waals surface area (Å²) in [6.45, 7) is 5.64. The first-order valence-corrected chi connectivity index (χ1v) is 7.79. The van der Waals surface area contributed by atoms with Gasteiger partial charge in [0.05, 0.1) is 12.6 Å². The second kappa shape index (κ2) is 7.05. The third kappa shape index (κ3) is 4.05. The quantitative estimate of drug-likeness (QED) is 0.922. The van der Waals surface area contributed by atoms with Gasteiger partial charge >= 0.3 is 0 Å². The Labute approximate surface area is 127 Å². The van der Waals surface area contributed by atoms with Gasteiger partial charge in [0, 0.05) is 25.7 Å². The minimum atomic E-state index is 0.0982. The molecule has 1 aliphatic rings. The highest BCUT2D eigenvalue weighted by atomic mass is 16.2. The van der Waals surface area contributed by atoms with Crippen molar-refractivity contribution in [1.82, 2.24) is 9.80 Å². The summed E-state index contributed by atoms with van der Waals surface area (Å²) in [6, 6.07) is 10.9. The van der Waals surface area contributed by atoms with Crippen molar-refractivity contribution in [2.24, 2.45) is 5.73 Å². The molecule has 2 rings (SSSR count). The van der Waals surface area contributed by atoms with Gasteiger partial charge in [-0.2, -0.15) is 0 Å². The average molecular weight is 289 g/mol. The average Bonchev–Trinajstić information content (AvgIpc) is 2.49. The zero-order chi connectivity index (χ0) is 15.4. The molecule has 1 aromatic carbocycles. The molecule has 0 saturated carbocycles. The van der Waals surface area contributed by atoms with Crippen LogP contribution in [0.4, 0.5) is 0 Å². The van der Waals surface area contributed by atoms with Crippen LogP contribution in [-0.4, -0.2) is 47.9 Å². The van der Waals surface area contributed by atoms with Crippen LogP contribution in [0, 0.1) is 0 Å². The maximum absolute atomic E-state index is 12.5. The first-order chi connectivity index (χ1) is 9.99. The Kier molecular flexibility index (Phi) is 5.37. The molecular formula is C17H27N3O. The lowest BCUT2D eigenvalue weighted by Gasteiger charge is -2.37. The molecule has 0 radical (unpaired) electrons. The Morgan fingerprint density at radius 2 is 2.10 bits per heavy atom. The van der Waals surface area contributed by atoms with E-state index in [2.05, 4.69) is 30.9 Å². The molecule has 0 aliphatic carbocycles. The Morgan fingerprint density at radius 3 is 2.71 bits per heavy atom. The summed E-state index contributed by atoms with van der Waals surface area (Å²) < 4.78 is 0. The summed E-state index contributed by atoms with van der Waals surface area (Å²) in [6.07, 6.45) is 1.96. The number of rotatable bonds is 4. The van der Waals surface area contributed by atoms with E-state index in [0.29, 0.717) is 12.6 Å². The molecule has 1 saturated heterocycles. The molecule has 1 fully saturated rings. The molecule has 21 heavy (non-hydrogen) atoms. The van der Waals surface area contributed by atoms with Gasteiger partial charge in [-0.3, -0.25) is 9.69 Å². The van der Waals surface area contributed by atoms with Gasteiger partial charge in [-0.15, -0.1) is 0 Å². The number of piperidine rings is 1. The highest BCUT2D eigenvalue weighted by Gasteiger charge is 2.26. The van der Waals surface area contributed by atoms with Gasteiger partial charge in [0.1, 0.15) is 0 Å². The smallest absolute Gasteiger partial charge is 0.237 e. The minimum absolute atomic E-state index is 0.0982. The zero-order valence-corrected chi connectivity index (χ0v) is 13.3. The predicted octanol–water partition coefficient (Wildman–Crippen LogP) is 2.02. The molecule has 3 unspecified atom stereocenters. The zero-order valence-electron chi connectivity index (χ0n) is 13.3. The van der Waals surface area contributed by atoms with Crippen molar-refractivity contribution in [3.63, 3.8) is 0 Å². The van der Waals surface area contributed by atoms with Crippen molar-refractivity contribution in [1.29, 1.82) is 0 Å². The molecule has 116 valence electrons. The van der Waals surface area contributed by atoms with E-state index in [1.807, 2.05) is 30.1 Å². The van der Waals surface area contributed by atoms with Gasteiger partial charge in [-0.25, -0.2) is 0 Å². The number of carbonyl (C=O) groups excluding carboxylic acids is 1. The number of amides is 1. The van der Waals surface area contributed by atoms with Crippen LogP contribution in [0.5, 0.6) is 0 Å². The van der Waals surface area contributed by atoms with Crippen molar-refractivity contribution in [2.45, 2.75) is 44.8 Å². The highest BCUT2D eigenvalue weighted by molar-refractivity contribution is 5.78. The molecule has 3 atom stereocenters. The van der Waals surface area contributed by atoms with E-state index in [9.17, 15) is 4.79 Å². The second-order valence-electron chi connectivity index (χ2n) is 6.20. The Balaban J connectivity index is 1.93. The summed E-state index contributed by atoms with van der Waals surface area (Å²) in [4.78, 5) is 16.6. The maximum atomic E-state index is 12.5. The van der Waals surface area contributed by atoms with Crippen LogP contribution >= 0.6 is 0 Å². The van der Waals surface area contributed by atoms with Crippen LogP contribution in [0.25, 0.3) is 0 Å². The first-order valence-electron chi connectivity index (χ1n) is 7.79. The van der Waals surface area contributed by atoms with Gasteiger partial charge in [-0.05, 0) is 32.3 Å². The lowest BCUT2D eigenvalue weighted by molar-refractivity contribution is -0.134. The fraction of sp³-hybridized carbons (Fsp3) is 0.588. The molecule has 1 heterocycles. The minimum Gasteiger partial charge on any atom is -0.338 e. The Hall–Kier alpha value is -1.39. The number of benzene rings is 1. The van der Waals surface area contributed by atoms with Crippen molar-refractivity contribution < 1.29 is 4.79 Å². The van der Waals surface area contributed by atoms with E-state index < -0.39 is 0 Å². The predicted molar refractivity (Wildman–Crippen MR) is 85.9 cm³/mol. The third-order valence-corrected chi connectivity index (χ3v) is 4.65.